The number of benzene rings is 4. The third-order valence-corrected chi connectivity index (χ3v) is 6.80. The summed E-state index contributed by atoms with van der Waals surface area (Å²) in [5.74, 6) is 2.56. The van der Waals surface area contributed by atoms with E-state index in [9.17, 15) is 0 Å². The summed E-state index contributed by atoms with van der Waals surface area (Å²) in [4.78, 5) is 17.5. The number of hydrogen-bond acceptors (Lipinski definition) is 5. The van der Waals surface area contributed by atoms with Crippen molar-refractivity contribution in [3.05, 3.63) is 151 Å². The van der Waals surface area contributed by atoms with Crippen molar-refractivity contribution in [2.45, 2.75) is 20.8 Å². The second-order valence-electron chi connectivity index (χ2n) is 9.79. The first-order valence-electron chi connectivity index (χ1n) is 13.4. The van der Waals surface area contributed by atoms with Gasteiger partial charge in [-0.25, -0.2) is 9.97 Å². The molecule has 2 aromatic heterocycles. The Hall–Kier alpha value is -4.58. The summed E-state index contributed by atoms with van der Waals surface area (Å²) in [5, 5.41) is 0. The normalized spacial score (nSPS) is 11.8. The van der Waals surface area contributed by atoms with Crippen LogP contribution in [0, 0.1) is 39.6 Å². The van der Waals surface area contributed by atoms with E-state index < -0.39 is 0 Å². The van der Waals surface area contributed by atoms with Crippen molar-refractivity contribution in [2.24, 2.45) is 0 Å². The zero-order chi connectivity index (χ0) is 28.2. The number of aromatic nitrogens is 4. The van der Waals surface area contributed by atoms with E-state index in [0.717, 1.165) is 34.4 Å². The molecule has 1 aliphatic heterocycles. The molecule has 0 spiro atoms. The number of anilines is 4. The van der Waals surface area contributed by atoms with Crippen LogP contribution in [0.25, 0.3) is 17.1 Å². The van der Waals surface area contributed by atoms with Crippen LogP contribution in [-0.2, 0) is 20.1 Å². The second-order valence-corrected chi connectivity index (χ2v) is 9.79. The van der Waals surface area contributed by atoms with Gasteiger partial charge in [-0.3, -0.25) is 4.98 Å². The Kier molecular flexibility index (Phi) is 8.91. The van der Waals surface area contributed by atoms with Gasteiger partial charge in [0.15, 0.2) is 0 Å². The van der Waals surface area contributed by atoms with Gasteiger partial charge in [-0.05, 0) is 44.0 Å². The Morgan fingerprint density at radius 1 is 0.667 bits per heavy atom. The molecule has 3 heterocycles. The van der Waals surface area contributed by atoms with Gasteiger partial charge in [-0.15, -0.1) is 48.3 Å². The molecule has 7 rings (SSSR count). The van der Waals surface area contributed by atoms with E-state index in [2.05, 4.69) is 64.6 Å². The van der Waals surface area contributed by atoms with Crippen LogP contribution in [0.1, 0.15) is 16.7 Å². The first-order valence-corrected chi connectivity index (χ1v) is 13.4. The van der Waals surface area contributed by atoms with Crippen molar-refractivity contribution < 1.29 is 20.1 Å². The molecule has 0 N–H and O–H groups in total. The molecular weight excluding hydrogens is 697 g/mol. The van der Waals surface area contributed by atoms with E-state index in [-0.39, 0.29) is 20.1 Å². The van der Waals surface area contributed by atoms with E-state index >= 15 is 0 Å². The minimum absolute atomic E-state index is 0. The third kappa shape index (κ3) is 5.89. The number of rotatable bonds is 4. The molecule has 0 bridgehead atoms. The van der Waals surface area contributed by atoms with Crippen molar-refractivity contribution >= 4 is 23.0 Å². The maximum Gasteiger partial charge on any atom is 3.00 e. The molecule has 7 heteroatoms. The van der Waals surface area contributed by atoms with Crippen molar-refractivity contribution in [1.82, 2.24) is 19.5 Å². The fourth-order valence-electron chi connectivity index (χ4n) is 5.14. The van der Waals surface area contributed by atoms with E-state index in [4.69, 9.17) is 0 Å². The second kappa shape index (κ2) is 12.9. The first kappa shape index (κ1) is 28.9. The maximum absolute atomic E-state index is 4.50. The fourth-order valence-corrected chi connectivity index (χ4v) is 5.14. The van der Waals surface area contributed by atoms with Crippen molar-refractivity contribution in [3.8, 4) is 17.1 Å². The molecule has 6 aromatic rings. The summed E-state index contributed by atoms with van der Waals surface area (Å²) in [6.07, 6.45) is 7.27. The van der Waals surface area contributed by atoms with Gasteiger partial charge in [0.05, 0.1) is 5.82 Å². The molecule has 208 valence electrons. The number of imidazole rings is 1. The summed E-state index contributed by atoms with van der Waals surface area (Å²) in [7, 11) is 0. The van der Waals surface area contributed by atoms with E-state index in [1.54, 1.807) is 12.4 Å². The van der Waals surface area contributed by atoms with Crippen LogP contribution in [0.2, 0.25) is 0 Å². The van der Waals surface area contributed by atoms with Gasteiger partial charge in [0.1, 0.15) is 11.6 Å². The molecule has 6 nitrogen and oxygen atoms in total. The summed E-state index contributed by atoms with van der Waals surface area (Å²) in [6.45, 7) is 8.41. The first-order chi connectivity index (χ1) is 20.1. The van der Waals surface area contributed by atoms with Gasteiger partial charge in [-0.1, -0.05) is 35.9 Å². The summed E-state index contributed by atoms with van der Waals surface area (Å²) in [5.41, 5.74) is 8.03. The molecular formula is C35H29IrN6. The number of nitrogens with zero attached hydrogens (tertiary/aromatic N) is 6. The average Bonchev–Trinajstić information content (AvgIpc) is 3.64. The van der Waals surface area contributed by atoms with E-state index in [0.29, 0.717) is 0 Å². The van der Waals surface area contributed by atoms with Gasteiger partial charge in [0, 0.05) is 36.2 Å². The van der Waals surface area contributed by atoms with Crippen LogP contribution < -0.4 is 9.80 Å². The van der Waals surface area contributed by atoms with Crippen molar-refractivity contribution in [2.75, 3.05) is 9.80 Å². The van der Waals surface area contributed by atoms with Crippen molar-refractivity contribution in [1.29, 1.82) is 0 Å². The van der Waals surface area contributed by atoms with E-state index in [1.165, 1.54) is 22.4 Å². The quantitative estimate of drug-likeness (QED) is 0.173. The predicted octanol–water partition coefficient (Wildman–Crippen LogP) is 7.95. The SMILES string of the molecule is Cc1cc(C)c(-n2ccnc2-c2[c-]cccc2)c(C)c1.[Ir+3].[c-]1ccccc1N1[CH-]N(c2ccccc2)c2nccnc21. The van der Waals surface area contributed by atoms with Crippen LogP contribution in [0.15, 0.2) is 116 Å². The van der Waals surface area contributed by atoms with Crippen LogP contribution in [-0.4, -0.2) is 19.5 Å². The standard InChI is InChI=1S/C18H17N2.C17H12N4.Ir/c1-13-11-14(2)17(15(3)12-13)20-10-9-19-18(20)16-7-5-4-6-8-16;1-3-7-14(8-4-1)20-13-21(15-9-5-2-6-10-15)17-16(20)18-11-12-19-17;/h4-7,9-12H,1-3H3;1-9,11-13H;/q-1;-2;+3. The van der Waals surface area contributed by atoms with Crippen LogP contribution in [0.5, 0.6) is 0 Å². The average molecular weight is 726 g/mol. The van der Waals surface area contributed by atoms with Gasteiger partial charge in [-0.2, -0.15) is 30.3 Å². The van der Waals surface area contributed by atoms with Crippen LogP contribution >= 0.6 is 0 Å². The number of hydrogen-bond donors (Lipinski definition) is 0. The summed E-state index contributed by atoms with van der Waals surface area (Å²) < 4.78 is 2.15. The molecule has 0 amide bonds. The molecule has 0 atom stereocenters. The van der Waals surface area contributed by atoms with Crippen molar-refractivity contribution in [3.63, 3.8) is 0 Å². The van der Waals surface area contributed by atoms with Crippen LogP contribution in [0.3, 0.4) is 0 Å². The Labute approximate surface area is 260 Å². The van der Waals surface area contributed by atoms with Gasteiger partial charge < -0.3 is 14.4 Å². The van der Waals surface area contributed by atoms with Gasteiger partial charge in [0.2, 0.25) is 0 Å². The number of para-hydroxylation sites is 2. The maximum atomic E-state index is 4.50. The molecule has 42 heavy (non-hydrogen) atoms. The molecule has 0 radical (unpaired) electrons. The smallest absolute Gasteiger partial charge is 0.477 e. The van der Waals surface area contributed by atoms with E-state index in [1.807, 2.05) is 108 Å². The molecule has 0 fully saturated rings. The largest absolute Gasteiger partial charge is 3.00 e. The number of fused-ring (bicyclic) bond motifs is 1. The zero-order valence-electron chi connectivity index (χ0n) is 23.6. The minimum atomic E-state index is 0. The molecule has 1 aliphatic rings. The predicted molar refractivity (Wildman–Crippen MR) is 164 cm³/mol. The van der Waals surface area contributed by atoms with Gasteiger partial charge in [0.25, 0.3) is 0 Å². The summed E-state index contributed by atoms with van der Waals surface area (Å²) >= 11 is 0. The Bertz CT molecular complexity index is 1670. The monoisotopic (exact) mass is 726 g/mol. The van der Waals surface area contributed by atoms with Crippen LogP contribution in [0.4, 0.5) is 23.0 Å². The Morgan fingerprint density at radius 3 is 1.95 bits per heavy atom. The summed E-state index contributed by atoms with van der Waals surface area (Å²) in [6, 6.07) is 36.8. The fraction of sp³-hybridized carbons (Fsp3) is 0.0857. The molecule has 4 aromatic carbocycles. The molecule has 0 unspecified atom stereocenters. The third-order valence-electron chi connectivity index (χ3n) is 6.80. The molecule has 0 saturated carbocycles. The number of aryl methyl sites for hydroxylation is 3. The Balaban J connectivity index is 0.000000164. The molecule has 0 aliphatic carbocycles. The topological polar surface area (TPSA) is 50.1 Å². The Morgan fingerprint density at radius 2 is 1.31 bits per heavy atom. The molecule has 0 saturated heterocycles. The van der Waals surface area contributed by atoms with Gasteiger partial charge >= 0.3 is 20.1 Å². The minimum Gasteiger partial charge on any atom is -0.477 e. The zero-order valence-corrected chi connectivity index (χ0v) is 26.0.